The van der Waals surface area contributed by atoms with Crippen LogP contribution >= 0.6 is 0 Å². The lowest BCUT2D eigenvalue weighted by Gasteiger charge is -2.38. The van der Waals surface area contributed by atoms with Crippen molar-refractivity contribution in [2.75, 3.05) is 20.1 Å². The second-order valence-electron chi connectivity index (χ2n) is 5.32. The summed E-state index contributed by atoms with van der Waals surface area (Å²) in [4.78, 5) is 12.7. The van der Waals surface area contributed by atoms with Crippen LogP contribution in [0.3, 0.4) is 0 Å². The van der Waals surface area contributed by atoms with Crippen LogP contribution < -0.4 is 5.32 Å². The van der Waals surface area contributed by atoms with Gasteiger partial charge in [0.1, 0.15) is 11.6 Å². The first-order chi connectivity index (χ1) is 7.63. The highest BCUT2D eigenvalue weighted by molar-refractivity contribution is 5.68. The maximum absolute atomic E-state index is 13.6. The Morgan fingerprint density at radius 3 is 2.53 bits per heavy atom. The number of amides is 1. The molecule has 1 amide bonds. The van der Waals surface area contributed by atoms with E-state index in [1.807, 2.05) is 0 Å². The number of likely N-dealkylation sites (N-methyl/N-ethyl adjacent to an activating group) is 1. The lowest BCUT2D eigenvalue weighted by atomic mass is 10.0. The molecule has 100 valence electrons. The van der Waals surface area contributed by atoms with Crippen molar-refractivity contribution in [3.63, 3.8) is 0 Å². The average molecular weight is 250 g/mol. The summed E-state index contributed by atoms with van der Waals surface area (Å²) in [6.07, 6.45) is -0.976. The monoisotopic (exact) mass is 250 g/mol. The number of halogens is 2. The Bertz CT molecular complexity index is 290. The fourth-order valence-corrected chi connectivity index (χ4v) is 1.69. The highest BCUT2D eigenvalue weighted by Crippen LogP contribution is 2.29. The average Bonchev–Trinajstić information content (AvgIpc) is 2.13. The van der Waals surface area contributed by atoms with Crippen LogP contribution in [0, 0.1) is 0 Å². The topological polar surface area (TPSA) is 41.6 Å². The lowest BCUT2D eigenvalue weighted by molar-refractivity contribution is -0.0938. The number of hydrogen-bond acceptors (Lipinski definition) is 3. The largest absolute Gasteiger partial charge is 0.444 e. The van der Waals surface area contributed by atoms with Crippen molar-refractivity contribution in [3.05, 3.63) is 0 Å². The third-order valence-electron chi connectivity index (χ3n) is 2.61. The molecule has 6 heteroatoms. The minimum Gasteiger partial charge on any atom is -0.444 e. The smallest absolute Gasteiger partial charge is 0.410 e. The number of nitrogens with zero attached hydrogens (tertiary/aromatic N) is 1. The Kier molecular flexibility index (Phi) is 3.96. The van der Waals surface area contributed by atoms with Gasteiger partial charge < -0.3 is 15.0 Å². The third-order valence-corrected chi connectivity index (χ3v) is 2.61. The van der Waals surface area contributed by atoms with E-state index in [1.165, 1.54) is 7.05 Å². The quantitative estimate of drug-likeness (QED) is 0.772. The first-order valence-corrected chi connectivity index (χ1v) is 5.68. The first-order valence-electron chi connectivity index (χ1n) is 5.68. The maximum atomic E-state index is 13.6. The molecule has 1 N–H and O–H groups in total. The molecule has 0 radical (unpaired) electrons. The van der Waals surface area contributed by atoms with E-state index in [2.05, 4.69) is 5.32 Å². The second-order valence-corrected chi connectivity index (χ2v) is 5.32. The van der Waals surface area contributed by atoms with Gasteiger partial charge in [0.05, 0.1) is 0 Å². The van der Waals surface area contributed by atoms with Crippen LogP contribution in [-0.2, 0) is 4.74 Å². The number of carbonyl (C=O) groups is 1. The van der Waals surface area contributed by atoms with Gasteiger partial charge in [0, 0.05) is 26.6 Å². The predicted molar refractivity (Wildman–Crippen MR) is 60.2 cm³/mol. The molecule has 1 aliphatic heterocycles. The van der Waals surface area contributed by atoms with Crippen LogP contribution in [0.4, 0.5) is 13.6 Å². The van der Waals surface area contributed by atoms with Gasteiger partial charge in [0.15, 0.2) is 0 Å². The molecule has 1 aliphatic rings. The van der Waals surface area contributed by atoms with E-state index in [-0.39, 0.29) is 19.5 Å². The first kappa shape index (κ1) is 14.2. The highest BCUT2D eigenvalue weighted by Gasteiger charge is 2.46. The summed E-state index contributed by atoms with van der Waals surface area (Å²) in [7, 11) is 1.35. The zero-order chi connectivity index (χ0) is 13.3. The van der Waals surface area contributed by atoms with Gasteiger partial charge >= 0.3 is 6.09 Å². The molecule has 17 heavy (non-hydrogen) atoms. The van der Waals surface area contributed by atoms with E-state index in [9.17, 15) is 13.6 Å². The zero-order valence-corrected chi connectivity index (χ0v) is 10.7. The number of carbonyl (C=O) groups excluding carboxylic acids is 1. The maximum Gasteiger partial charge on any atom is 0.410 e. The molecule has 0 spiro atoms. The molecule has 0 aromatic rings. The van der Waals surface area contributed by atoms with Gasteiger partial charge in [-0.2, -0.15) is 0 Å². The number of rotatable bonds is 1. The molecule has 1 saturated heterocycles. The van der Waals surface area contributed by atoms with Crippen LogP contribution in [0.15, 0.2) is 0 Å². The van der Waals surface area contributed by atoms with Gasteiger partial charge in [-0.1, -0.05) is 0 Å². The van der Waals surface area contributed by atoms with E-state index >= 15 is 0 Å². The third kappa shape index (κ3) is 3.80. The van der Waals surface area contributed by atoms with Gasteiger partial charge in [0.25, 0.3) is 5.92 Å². The van der Waals surface area contributed by atoms with Crippen LogP contribution in [0.2, 0.25) is 0 Å². The lowest BCUT2D eigenvalue weighted by Crippen LogP contribution is -2.58. The van der Waals surface area contributed by atoms with Crippen LogP contribution in [0.1, 0.15) is 27.2 Å². The van der Waals surface area contributed by atoms with E-state index < -0.39 is 23.7 Å². The fourth-order valence-electron chi connectivity index (χ4n) is 1.69. The Morgan fingerprint density at radius 2 is 2.06 bits per heavy atom. The molecule has 4 nitrogen and oxygen atoms in total. The standard InChI is InChI=1S/C11H20F2N2O2/c1-10(2,3)17-9(16)15(4)8-7-14-6-5-11(8,12)13/h8,14H,5-7H2,1-4H3. The minimum atomic E-state index is -2.86. The summed E-state index contributed by atoms with van der Waals surface area (Å²) in [5.74, 6) is -2.86. The molecular weight excluding hydrogens is 230 g/mol. The molecule has 1 unspecified atom stereocenters. The van der Waals surface area contributed by atoms with Gasteiger partial charge in [0.2, 0.25) is 0 Å². The summed E-state index contributed by atoms with van der Waals surface area (Å²) >= 11 is 0. The fraction of sp³-hybridized carbons (Fsp3) is 0.909. The zero-order valence-electron chi connectivity index (χ0n) is 10.7. The number of piperidine rings is 1. The number of ether oxygens (including phenoxy) is 1. The van der Waals surface area contributed by atoms with Crippen LogP contribution in [0.5, 0.6) is 0 Å². The van der Waals surface area contributed by atoms with Crippen molar-refractivity contribution in [1.29, 1.82) is 0 Å². The predicted octanol–water partition coefficient (Wildman–Crippen LogP) is 1.85. The van der Waals surface area contributed by atoms with Crippen molar-refractivity contribution in [2.45, 2.75) is 44.8 Å². The molecule has 0 aromatic heterocycles. The van der Waals surface area contributed by atoms with Crippen LogP contribution in [-0.4, -0.2) is 48.7 Å². The minimum absolute atomic E-state index is 0.0861. The van der Waals surface area contributed by atoms with E-state index in [0.29, 0.717) is 0 Å². The van der Waals surface area contributed by atoms with Crippen molar-refractivity contribution in [3.8, 4) is 0 Å². The molecular formula is C11H20F2N2O2. The van der Waals surface area contributed by atoms with E-state index in [0.717, 1.165) is 4.90 Å². The van der Waals surface area contributed by atoms with Gasteiger partial charge in [-0.25, -0.2) is 13.6 Å². The number of nitrogens with one attached hydrogen (secondary N) is 1. The molecule has 1 heterocycles. The van der Waals surface area contributed by atoms with Gasteiger partial charge in [-0.05, 0) is 20.8 Å². The van der Waals surface area contributed by atoms with Gasteiger partial charge in [-0.3, -0.25) is 0 Å². The summed E-state index contributed by atoms with van der Waals surface area (Å²) in [6, 6.07) is -1.15. The summed E-state index contributed by atoms with van der Waals surface area (Å²) in [5.41, 5.74) is -0.678. The van der Waals surface area contributed by atoms with E-state index in [1.54, 1.807) is 20.8 Å². The molecule has 0 aromatic carbocycles. The highest BCUT2D eigenvalue weighted by atomic mass is 19.3. The van der Waals surface area contributed by atoms with Crippen molar-refractivity contribution >= 4 is 6.09 Å². The summed E-state index contributed by atoms with van der Waals surface area (Å²) in [6.45, 7) is 5.47. The molecule has 1 fully saturated rings. The molecule has 0 bridgehead atoms. The number of hydrogen-bond donors (Lipinski definition) is 1. The second kappa shape index (κ2) is 4.76. The van der Waals surface area contributed by atoms with E-state index in [4.69, 9.17) is 4.74 Å². The Hall–Kier alpha value is -0.910. The van der Waals surface area contributed by atoms with Crippen molar-refractivity contribution in [1.82, 2.24) is 10.2 Å². The Labute approximate surface area is 100 Å². The molecule has 0 aliphatic carbocycles. The molecule has 1 rings (SSSR count). The van der Waals surface area contributed by atoms with Crippen LogP contribution in [0.25, 0.3) is 0 Å². The molecule has 0 saturated carbocycles. The van der Waals surface area contributed by atoms with Gasteiger partial charge in [-0.15, -0.1) is 0 Å². The molecule has 1 atom stereocenters. The SMILES string of the molecule is CN(C(=O)OC(C)(C)C)C1CNCCC1(F)F. The summed E-state index contributed by atoms with van der Waals surface area (Å²) in [5, 5.41) is 2.86. The van der Waals surface area contributed by atoms with Crippen molar-refractivity contribution < 1.29 is 18.3 Å². The summed E-state index contributed by atoms with van der Waals surface area (Å²) < 4.78 is 32.3. The Balaban J connectivity index is 2.68. The Morgan fingerprint density at radius 1 is 1.47 bits per heavy atom. The normalized spacial score (nSPS) is 24.2. The number of alkyl halides is 2. The van der Waals surface area contributed by atoms with Crippen molar-refractivity contribution in [2.24, 2.45) is 0 Å².